The Balaban J connectivity index is 1.89. The average molecular weight is 247 g/mol. The van der Waals surface area contributed by atoms with Crippen LogP contribution in [0.25, 0.3) is 0 Å². The van der Waals surface area contributed by atoms with Crippen molar-refractivity contribution in [3.63, 3.8) is 0 Å². The zero-order valence-electron chi connectivity index (χ0n) is 10.7. The lowest BCUT2D eigenvalue weighted by Crippen LogP contribution is -2.34. The molecule has 0 amide bonds. The summed E-state index contributed by atoms with van der Waals surface area (Å²) in [7, 11) is 0. The molecule has 18 heavy (non-hydrogen) atoms. The second kappa shape index (κ2) is 4.56. The molecular weight excluding hydrogens is 226 g/mol. The molecule has 1 saturated carbocycles. The van der Waals surface area contributed by atoms with Gasteiger partial charge in [-0.25, -0.2) is 0 Å². The minimum atomic E-state index is -0.434. The number of hydrogen-bond acceptors (Lipinski definition) is 3. The number of nitrogens with two attached hydrogens (primary N) is 1. The van der Waals surface area contributed by atoms with Crippen LogP contribution in [0.15, 0.2) is 18.2 Å². The quantitative estimate of drug-likeness (QED) is 0.860. The normalized spacial score (nSPS) is 22.6. The Kier molecular flexibility index (Phi) is 3.04. The van der Waals surface area contributed by atoms with E-state index in [0.29, 0.717) is 6.54 Å². The molecule has 1 aliphatic carbocycles. The molecule has 1 fully saturated rings. The molecule has 1 heterocycles. The van der Waals surface area contributed by atoms with Gasteiger partial charge in [-0.3, -0.25) is 0 Å². The molecule has 0 saturated heterocycles. The number of rotatable bonds is 3. The van der Waals surface area contributed by atoms with Gasteiger partial charge in [0.05, 0.1) is 12.7 Å². The van der Waals surface area contributed by atoms with Crippen molar-refractivity contribution in [2.45, 2.75) is 38.2 Å². The summed E-state index contributed by atoms with van der Waals surface area (Å²) in [5.41, 5.74) is 8.06. The van der Waals surface area contributed by atoms with Gasteiger partial charge in [0, 0.05) is 18.4 Å². The van der Waals surface area contributed by atoms with E-state index in [4.69, 9.17) is 10.5 Å². The van der Waals surface area contributed by atoms with Crippen molar-refractivity contribution in [3.8, 4) is 5.75 Å². The minimum absolute atomic E-state index is 0.103. The van der Waals surface area contributed by atoms with Gasteiger partial charge in [-0.2, -0.15) is 0 Å². The van der Waals surface area contributed by atoms with Crippen LogP contribution in [-0.4, -0.2) is 18.3 Å². The van der Waals surface area contributed by atoms with Crippen LogP contribution in [0.3, 0.4) is 0 Å². The first-order valence-corrected chi connectivity index (χ1v) is 6.89. The van der Waals surface area contributed by atoms with Crippen LogP contribution in [-0.2, 0) is 6.42 Å². The second-order valence-corrected chi connectivity index (χ2v) is 5.64. The van der Waals surface area contributed by atoms with E-state index in [2.05, 4.69) is 6.07 Å². The molecule has 0 spiro atoms. The summed E-state index contributed by atoms with van der Waals surface area (Å²) < 4.78 is 5.50. The number of aliphatic hydroxyl groups is 1. The minimum Gasteiger partial charge on any atom is -0.493 e. The van der Waals surface area contributed by atoms with Gasteiger partial charge in [0.2, 0.25) is 0 Å². The number of fused-ring (bicyclic) bond motifs is 1. The van der Waals surface area contributed by atoms with E-state index in [9.17, 15) is 5.11 Å². The summed E-state index contributed by atoms with van der Waals surface area (Å²) in [4.78, 5) is 0. The van der Waals surface area contributed by atoms with Crippen LogP contribution in [0.5, 0.6) is 5.75 Å². The van der Waals surface area contributed by atoms with Crippen molar-refractivity contribution in [1.82, 2.24) is 0 Å². The zero-order valence-corrected chi connectivity index (χ0v) is 10.7. The lowest BCUT2D eigenvalue weighted by molar-refractivity contribution is 0.0333. The molecule has 2 aliphatic rings. The molecule has 1 unspecified atom stereocenters. The summed E-state index contributed by atoms with van der Waals surface area (Å²) in [5.74, 6) is 0.971. The fourth-order valence-corrected chi connectivity index (χ4v) is 3.40. The molecule has 1 aromatic rings. The Labute approximate surface area is 108 Å². The fraction of sp³-hybridized carbons (Fsp3) is 0.600. The van der Waals surface area contributed by atoms with E-state index in [1.807, 2.05) is 12.1 Å². The van der Waals surface area contributed by atoms with E-state index in [-0.39, 0.29) is 5.41 Å². The van der Waals surface area contributed by atoms with Crippen LogP contribution in [0.1, 0.15) is 42.9 Å². The van der Waals surface area contributed by atoms with E-state index in [1.165, 1.54) is 18.4 Å². The molecule has 3 heteroatoms. The first-order chi connectivity index (χ1) is 8.75. The van der Waals surface area contributed by atoms with Crippen LogP contribution in [0.4, 0.5) is 0 Å². The Morgan fingerprint density at radius 2 is 2.11 bits per heavy atom. The van der Waals surface area contributed by atoms with Gasteiger partial charge in [0.1, 0.15) is 5.75 Å². The SMILES string of the molecule is NCC1(C(O)c2ccc3c(c2)CCO3)CCCC1. The third kappa shape index (κ3) is 1.82. The lowest BCUT2D eigenvalue weighted by atomic mass is 9.77. The Morgan fingerprint density at radius 1 is 1.33 bits per heavy atom. The summed E-state index contributed by atoms with van der Waals surface area (Å²) in [6.07, 6.45) is 4.96. The molecule has 1 aromatic carbocycles. The molecule has 0 radical (unpaired) electrons. The average Bonchev–Trinajstić information content (AvgIpc) is 3.06. The maximum Gasteiger partial charge on any atom is 0.122 e. The molecule has 1 atom stereocenters. The maximum atomic E-state index is 10.7. The van der Waals surface area contributed by atoms with E-state index >= 15 is 0 Å². The molecule has 0 aromatic heterocycles. The number of hydrogen-bond donors (Lipinski definition) is 2. The van der Waals surface area contributed by atoms with E-state index in [1.54, 1.807) is 0 Å². The fourth-order valence-electron chi connectivity index (χ4n) is 3.40. The van der Waals surface area contributed by atoms with Gasteiger partial charge in [-0.1, -0.05) is 18.9 Å². The summed E-state index contributed by atoms with van der Waals surface area (Å²) in [6, 6.07) is 6.08. The molecule has 3 nitrogen and oxygen atoms in total. The van der Waals surface area contributed by atoms with Gasteiger partial charge in [0.25, 0.3) is 0 Å². The Hall–Kier alpha value is -1.06. The first-order valence-electron chi connectivity index (χ1n) is 6.89. The van der Waals surface area contributed by atoms with Crippen LogP contribution in [0.2, 0.25) is 0 Å². The highest BCUT2D eigenvalue weighted by atomic mass is 16.5. The predicted octanol–water partition coefficient (Wildman–Crippen LogP) is 2.17. The third-order valence-corrected chi connectivity index (χ3v) is 4.62. The summed E-state index contributed by atoms with van der Waals surface area (Å²) in [6.45, 7) is 1.33. The summed E-state index contributed by atoms with van der Waals surface area (Å²) in [5, 5.41) is 10.7. The van der Waals surface area contributed by atoms with Crippen molar-refractivity contribution < 1.29 is 9.84 Å². The van der Waals surface area contributed by atoms with Crippen LogP contribution < -0.4 is 10.5 Å². The largest absolute Gasteiger partial charge is 0.493 e. The van der Waals surface area contributed by atoms with Gasteiger partial charge >= 0.3 is 0 Å². The molecule has 0 bridgehead atoms. The van der Waals surface area contributed by atoms with Crippen molar-refractivity contribution in [2.24, 2.45) is 11.1 Å². The monoisotopic (exact) mass is 247 g/mol. The standard InChI is InChI=1S/C15H21NO2/c16-10-15(6-1-2-7-15)14(17)12-3-4-13-11(9-12)5-8-18-13/h3-4,9,14,17H,1-2,5-8,10,16H2. The number of aliphatic hydroxyl groups excluding tert-OH is 1. The Morgan fingerprint density at radius 3 is 2.83 bits per heavy atom. The molecule has 3 N–H and O–H groups in total. The Bertz CT molecular complexity index is 438. The molecule has 1 aliphatic heterocycles. The topological polar surface area (TPSA) is 55.5 Å². The molecule has 3 rings (SSSR count). The summed E-state index contributed by atoms with van der Waals surface area (Å²) >= 11 is 0. The van der Waals surface area contributed by atoms with Crippen molar-refractivity contribution in [3.05, 3.63) is 29.3 Å². The number of ether oxygens (including phenoxy) is 1. The van der Waals surface area contributed by atoms with Gasteiger partial charge in [-0.15, -0.1) is 0 Å². The number of benzene rings is 1. The van der Waals surface area contributed by atoms with Gasteiger partial charge < -0.3 is 15.6 Å². The van der Waals surface area contributed by atoms with Crippen molar-refractivity contribution in [2.75, 3.05) is 13.2 Å². The third-order valence-electron chi connectivity index (χ3n) is 4.62. The van der Waals surface area contributed by atoms with Gasteiger partial charge in [0.15, 0.2) is 0 Å². The van der Waals surface area contributed by atoms with Crippen LogP contribution >= 0.6 is 0 Å². The smallest absolute Gasteiger partial charge is 0.122 e. The predicted molar refractivity (Wildman–Crippen MR) is 70.6 cm³/mol. The second-order valence-electron chi connectivity index (χ2n) is 5.64. The highest BCUT2D eigenvalue weighted by Gasteiger charge is 2.40. The zero-order chi connectivity index (χ0) is 12.6. The highest BCUT2D eigenvalue weighted by molar-refractivity contribution is 5.41. The highest BCUT2D eigenvalue weighted by Crippen LogP contribution is 2.47. The lowest BCUT2D eigenvalue weighted by Gasteiger charge is -2.33. The van der Waals surface area contributed by atoms with Gasteiger partial charge in [-0.05, 0) is 36.1 Å². The molecule has 98 valence electrons. The van der Waals surface area contributed by atoms with E-state index in [0.717, 1.165) is 37.2 Å². The van der Waals surface area contributed by atoms with Crippen molar-refractivity contribution >= 4 is 0 Å². The maximum absolute atomic E-state index is 10.7. The molecular formula is C15H21NO2. The van der Waals surface area contributed by atoms with Crippen molar-refractivity contribution in [1.29, 1.82) is 0 Å². The van der Waals surface area contributed by atoms with Crippen LogP contribution in [0, 0.1) is 5.41 Å². The first kappa shape index (κ1) is 12.0. The van der Waals surface area contributed by atoms with E-state index < -0.39 is 6.10 Å².